The van der Waals surface area contributed by atoms with Crippen LogP contribution in [0.25, 0.3) is 49.4 Å². The molecule has 0 atom stereocenters. The van der Waals surface area contributed by atoms with Crippen LogP contribution in [0.2, 0.25) is 0 Å². The molecule has 0 aliphatic carbocycles. The minimum absolute atomic E-state index is 0.0802. The molecule has 0 spiro atoms. The molecule has 6 rings (SSSR count). The van der Waals surface area contributed by atoms with Gasteiger partial charge in [-0.2, -0.15) is 0 Å². The number of fused-ring (bicyclic) bond motifs is 6. The molecule has 3 aromatic carbocycles. The summed E-state index contributed by atoms with van der Waals surface area (Å²) in [4.78, 5) is 4.73. The normalized spacial score (nSPS) is 13.2. The fourth-order valence-electron chi connectivity index (χ4n) is 5.15. The molecule has 0 unspecified atom stereocenters. The average Bonchev–Trinajstić information content (AvgIpc) is 3.29. The van der Waals surface area contributed by atoms with Crippen LogP contribution in [0.15, 0.2) is 72.9 Å². The lowest BCUT2D eigenvalue weighted by molar-refractivity contribution is 0.589. The summed E-state index contributed by atoms with van der Waals surface area (Å²) in [5, 5.41) is 5.30. The number of pyridine rings is 1. The number of rotatable bonds is 1. The Morgan fingerprint density at radius 2 is 1.27 bits per heavy atom. The third kappa shape index (κ3) is 2.97. The van der Waals surface area contributed by atoms with Gasteiger partial charge < -0.3 is 4.40 Å². The Hall–Kier alpha value is -3.39. The number of nitrogens with zero attached hydrogens (tertiary/aromatic N) is 2. The fourth-order valence-corrected chi connectivity index (χ4v) is 5.15. The molecule has 6 aromatic rings. The molecule has 0 N–H and O–H groups in total. The van der Waals surface area contributed by atoms with E-state index in [-0.39, 0.29) is 10.8 Å². The van der Waals surface area contributed by atoms with Crippen molar-refractivity contribution in [3.63, 3.8) is 0 Å². The Morgan fingerprint density at radius 3 is 2.00 bits per heavy atom. The van der Waals surface area contributed by atoms with Crippen LogP contribution in [-0.4, -0.2) is 9.38 Å². The first-order chi connectivity index (χ1) is 15.6. The molecule has 0 saturated heterocycles. The minimum Gasteiger partial charge on any atom is -0.308 e. The van der Waals surface area contributed by atoms with Gasteiger partial charge in [-0.15, -0.1) is 0 Å². The van der Waals surface area contributed by atoms with E-state index in [9.17, 15) is 0 Å². The second kappa shape index (κ2) is 6.57. The maximum atomic E-state index is 4.73. The van der Waals surface area contributed by atoms with Crippen molar-refractivity contribution in [3.8, 4) is 11.3 Å². The van der Waals surface area contributed by atoms with Crippen molar-refractivity contribution in [2.75, 3.05) is 0 Å². The number of benzene rings is 3. The van der Waals surface area contributed by atoms with Crippen molar-refractivity contribution < 1.29 is 0 Å². The summed E-state index contributed by atoms with van der Waals surface area (Å²) in [6.07, 6.45) is 1.94. The van der Waals surface area contributed by atoms with Gasteiger partial charge >= 0.3 is 0 Å². The molecule has 0 amide bonds. The smallest absolute Gasteiger partial charge is 0.0705 e. The molecule has 0 aliphatic heterocycles. The van der Waals surface area contributed by atoms with E-state index in [4.69, 9.17) is 4.98 Å². The molecule has 2 nitrogen and oxygen atoms in total. The number of aromatic nitrogens is 2. The van der Waals surface area contributed by atoms with E-state index in [1.807, 2.05) is 6.20 Å². The average molecular weight is 431 g/mol. The Morgan fingerprint density at radius 1 is 0.606 bits per heavy atom. The maximum Gasteiger partial charge on any atom is 0.0705 e. The lowest BCUT2D eigenvalue weighted by Gasteiger charge is -2.19. The van der Waals surface area contributed by atoms with Gasteiger partial charge in [0.2, 0.25) is 0 Å². The fraction of sp³-hybridized carbons (Fsp3) is 0.258. The second-order valence-electron chi connectivity index (χ2n) is 11.4. The van der Waals surface area contributed by atoms with Crippen LogP contribution in [-0.2, 0) is 10.8 Å². The van der Waals surface area contributed by atoms with Crippen molar-refractivity contribution in [1.82, 2.24) is 9.38 Å². The highest BCUT2D eigenvalue weighted by Gasteiger charge is 2.22. The van der Waals surface area contributed by atoms with E-state index < -0.39 is 0 Å². The number of hydrogen-bond acceptors (Lipinski definition) is 1. The van der Waals surface area contributed by atoms with Gasteiger partial charge in [-0.05, 0) is 64.4 Å². The summed E-state index contributed by atoms with van der Waals surface area (Å²) in [5.74, 6) is 0. The predicted molar refractivity (Wildman–Crippen MR) is 142 cm³/mol. The van der Waals surface area contributed by atoms with Crippen LogP contribution in [0.3, 0.4) is 0 Å². The van der Waals surface area contributed by atoms with Crippen LogP contribution >= 0.6 is 0 Å². The molecule has 164 valence electrons. The van der Waals surface area contributed by atoms with Gasteiger partial charge in [-0.3, -0.25) is 4.98 Å². The predicted octanol–water partition coefficient (Wildman–Crippen LogP) is 8.49. The lowest BCUT2D eigenvalue weighted by Crippen LogP contribution is -2.11. The summed E-state index contributed by atoms with van der Waals surface area (Å²) in [6.45, 7) is 13.7. The zero-order chi connectivity index (χ0) is 23.1. The molecule has 0 radical (unpaired) electrons. The van der Waals surface area contributed by atoms with Gasteiger partial charge in [0.25, 0.3) is 0 Å². The lowest BCUT2D eigenvalue weighted by atomic mass is 9.85. The molecule has 3 aromatic heterocycles. The summed E-state index contributed by atoms with van der Waals surface area (Å²) in [6, 6.07) is 24.8. The monoisotopic (exact) mass is 430 g/mol. The molecule has 0 aliphatic rings. The Bertz CT molecular complexity index is 1670. The highest BCUT2D eigenvalue weighted by molar-refractivity contribution is 6.23. The summed E-state index contributed by atoms with van der Waals surface area (Å²) in [5.41, 5.74) is 8.93. The molecule has 0 bridgehead atoms. The van der Waals surface area contributed by atoms with Crippen LogP contribution < -0.4 is 0 Å². The first kappa shape index (κ1) is 20.2. The molecular formula is C31H30N2. The van der Waals surface area contributed by atoms with Crippen LogP contribution in [0.1, 0.15) is 52.7 Å². The van der Waals surface area contributed by atoms with Gasteiger partial charge in [0.1, 0.15) is 0 Å². The highest BCUT2D eigenvalue weighted by Crippen LogP contribution is 2.42. The summed E-state index contributed by atoms with van der Waals surface area (Å²) in [7, 11) is 0. The van der Waals surface area contributed by atoms with Crippen LogP contribution in [0.4, 0.5) is 0 Å². The first-order valence-electron chi connectivity index (χ1n) is 11.8. The summed E-state index contributed by atoms with van der Waals surface area (Å²) >= 11 is 0. The maximum absolute atomic E-state index is 4.73. The quantitative estimate of drug-likeness (QED) is 0.256. The van der Waals surface area contributed by atoms with E-state index in [0.29, 0.717) is 0 Å². The third-order valence-electron chi connectivity index (χ3n) is 7.08. The van der Waals surface area contributed by atoms with Crippen molar-refractivity contribution in [3.05, 3.63) is 84.1 Å². The molecular weight excluding hydrogens is 400 g/mol. The van der Waals surface area contributed by atoms with Gasteiger partial charge in [0.05, 0.1) is 22.2 Å². The van der Waals surface area contributed by atoms with Crippen LogP contribution in [0, 0.1) is 0 Å². The zero-order valence-corrected chi connectivity index (χ0v) is 20.3. The topological polar surface area (TPSA) is 17.3 Å². The molecule has 33 heavy (non-hydrogen) atoms. The SMILES string of the molecule is CC(C)(C)c1ccnc(-c2ccc3c(c2)c2cc(C(C)(C)C)cc4c5ccccc5n3c42)c1. The zero-order valence-electron chi connectivity index (χ0n) is 20.3. The number of hydrogen-bond donors (Lipinski definition) is 0. The van der Waals surface area contributed by atoms with Crippen molar-refractivity contribution in [2.24, 2.45) is 0 Å². The second-order valence-corrected chi connectivity index (χ2v) is 11.4. The third-order valence-corrected chi connectivity index (χ3v) is 7.08. The van der Waals surface area contributed by atoms with Gasteiger partial charge in [0.15, 0.2) is 0 Å². The highest BCUT2D eigenvalue weighted by atomic mass is 14.9. The Balaban J connectivity index is 1.71. The van der Waals surface area contributed by atoms with Crippen molar-refractivity contribution >= 4 is 38.1 Å². The van der Waals surface area contributed by atoms with E-state index in [2.05, 4.69) is 113 Å². The van der Waals surface area contributed by atoms with Gasteiger partial charge in [-0.25, -0.2) is 0 Å². The molecule has 0 saturated carbocycles. The standard InChI is InChI=1S/C31H30N2/c1-30(2,3)20-13-14-32-26(18-20)19-11-12-28-23(15-19)25-17-21(31(4,5)6)16-24-22-9-7-8-10-27(22)33(28)29(24)25/h7-18H,1-6H3. The molecule has 0 fully saturated rings. The van der Waals surface area contributed by atoms with Crippen molar-refractivity contribution in [2.45, 2.75) is 52.4 Å². The molecule has 3 heterocycles. The number of para-hydroxylation sites is 1. The Kier molecular flexibility index (Phi) is 4.03. The Labute approximate surface area is 195 Å². The largest absolute Gasteiger partial charge is 0.308 e. The van der Waals surface area contributed by atoms with Crippen molar-refractivity contribution in [1.29, 1.82) is 0 Å². The van der Waals surface area contributed by atoms with Gasteiger partial charge in [0, 0.05) is 33.3 Å². The van der Waals surface area contributed by atoms with E-state index in [1.165, 1.54) is 54.8 Å². The minimum atomic E-state index is 0.0802. The molecule has 2 heteroatoms. The van der Waals surface area contributed by atoms with Crippen LogP contribution in [0.5, 0.6) is 0 Å². The van der Waals surface area contributed by atoms with E-state index in [1.54, 1.807) is 0 Å². The van der Waals surface area contributed by atoms with E-state index in [0.717, 1.165) is 5.69 Å². The van der Waals surface area contributed by atoms with Gasteiger partial charge in [-0.1, -0.05) is 65.8 Å². The summed E-state index contributed by atoms with van der Waals surface area (Å²) < 4.78 is 2.45. The first-order valence-corrected chi connectivity index (χ1v) is 11.8. The van der Waals surface area contributed by atoms with E-state index >= 15 is 0 Å².